The number of aromatic nitrogens is 4. The lowest BCUT2D eigenvalue weighted by atomic mass is 9.99. The number of nitrogens with zero attached hydrogens (tertiary/aromatic N) is 5. The summed E-state index contributed by atoms with van der Waals surface area (Å²) in [7, 11) is 0. The van der Waals surface area contributed by atoms with Crippen LogP contribution < -0.4 is 5.32 Å². The highest BCUT2D eigenvalue weighted by Gasteiger charge is 2.30. The Morgan fingerprint density at radius 3 is 2.68 bits per heavy atom. The molecule has 1 amide bonds. The number of hydrogen-bond acceptors (Lipinski definition) is 7. The highest BCUT2D eigenvalue weighted by Crippen LogP contribution is 2.29. The van der Waals surface area contributed by atoms with E-state index >= 15 is 0 Å². The van der Waals surface area contributed by atoms with Crippen LogP contribution in [-0.4, -0.2) is 50.5 Å². The summed E-state index contributed by atoms with van der Waals surface area (Å²) in [5.41, 5.74) is 0.617. The molecule has 2 aromatic heterocycles. The molecule has 1 aromatic carbocycles. The zero-order valence-corrected chi connectivity index (χ0v) is 18.5. The van der Waals surface area contributed by atoms with E-state index in [1.54, 1.807) is 18.6 Å². The standard InChI is InChI=1S/C23H25F3N6O2/c24-23(25,26)18-5-3-16(4-6-18)15-32-12-1-2-17(7-9-29-20(33)8-13-32)22-30-21(31-34-22)19-14-27-10-11-28-19/h3-6,10-11,14,17H,1-2,7-9,12-13,15H2,(H,29,33). The van der Waals surface area contributed by atoms with E-state index in [-0.39, 0.29) is 11.8 Å². The molecule has 34 heavy (non-hydrogen) atoms. The van der Waals surface area contributed by atoms with E-state index in [1.165, 1.54) is 12.1 Å². The van der Waals surface area contributed by atoms with Crippen molar-refractivity contribution in [3.05, 3.63) is 59.9 Å². The van der Waals surface area contributed by atoms with Gasteiger partial charge < -0.3 is 9.84 Å². The summed E-state index contributed by atoms with van der Waals surface area (Å²) in [6.45, 7) is 2.17. The molecule has 1 unspecified atom stereocenters. The van der Waals surface area contributed by atoms with Gasteiger partial charge in [0.15, 0.2) is 0 Å². The molecule has 0 aliphatic carbocycles. The van der Waals surface area contributed by atoms with Gasteiger partial charge >= 0.3 is 6.18 Å². The summed E-state index contributed by atoms with van der Waals surface area (Å²) in [4.78, 5) is 27.0. The molecule has 3 heterocycles. The van der Waals surface area contributed by atoms with E-state index in [2.05, 4.69) is 30.3 Å². The summed E-state index contributed by atoms with van der Waals surface area (Å²) in [5.74, 6) is 0.752. The van der Waals surface area contributed by atoms with Crippen molar-refractivity contribution < 1.29 is 22.5 Å². The molecule has 0 radical (unpaired) electrons. The maximum atomic E-state index is 12.8. The minimum Gasteiger partial charge on any atom is -0.356 e. The van der Waals surface area contributed by atoms with E-state index in [0.29, 0.717) is 56.4 Å². The third-order valence-electron chi connectivity index (χ3n) is 5.77. The zero-order chi connectivity index (χ0) is 24.0. The molecule has 1 aliphatic heterocycles. The van der Waals surface area contributed by atoms with Crippen LogP contribution in [0, 0.1) is 0 Å². The maximum Gasteiger partial charge on any atom is 0.416 e. The third kappa shape index (κ3) is 6.37. The van der Waals surface area contributed by atoms with E-state index < -0.39 is 11.7 Å². The second kappa shape index (κ2) is 10.7. The number of nitrogens with one attached hydrogen (secondary N) is 1. The summed E-state index contributed by atoms with van der Waals surface area (Å²) in [5, 5.41) is 6.94. The van der Waals surface area contributed by atoms with Crippen molar-refractivity contribution in [2.45, 2.75) is 44.3 Å². The van der Waals surface area contributed by atoms with Crippen molar-refractivity contribution in [1.82, 2.24) is 30.3 Å². The number of carbonyl (C=O) groups excluding carboxylic acids is 1. The van der Waals surface area contributed by atoms with Crippen LogP contribution in [0.25, 0.3) is 11.5 Å². The molecule has 1 N–H and O–H groups in total. The van der Waals surface area contributed by atoms with Gasteiger partial charge in [0.05, 0.1) is 11.8 Å². The van der Waals surface area contributed by atoms with Gasteiger partial charge in [0, 0.05) is 44.4 Å². The maximum absolute atomic E-state index is 12.8. The molecule has 180 valence electrons. The lowest BCUT2D eigenvalue weighted by Gasteiger charge is -2.22. The lowest BCUT2D eigenvalue weighted by molar-refractivity contribution is -0.137. The van der Waals surface area contributed by atoms with E-state index in [9.17, 15) is 18.0 Å². The molecule has 0 saturated carbocycles. The second-order valence-corrected chi connectivity index (χ2v) is 8.25. The molecule has 8 nitrogen and oxygen atoms in total. The second-order valence-electron chi connectivity index (χ2n) is 8.25. The molecule has 1 aliphatic rings. The predicted molar refractivity (Wildman–Crippen MR) is 116 cm³/mol. The van der Waals surface area contributed by atoms with Gasteiger partial charge in [0.25, 0.3) is 0 Å². The van der Waals surface area contributed by atoms with E-state index in [0.717, 1.165) is 30.5 Å². The number of alkyl halides is 3. The van der Waals surface area contributed by atoms with Gasteiger partial charge in [0.2, 0.25) is 17.6 Å². The highest BCUT2D eigenvalue weighted by molar-refractivity contribution is 5.76. The van der Waals surface area contributed by atoms with Gasteiger partial charge in [-0.3, -0.25) is 14.7 Å². The monoisotopic (exact) mass is 474 g/mol. The van der Waals surface area contributed by atoms with Crippen molar-refractivity contribution in [1.29, 1.82) is 0 Å². The number of amides is 1. The van der Waals surface area contributed by atoms with Crippen LogP contribution in [0.5, 0.6) is 0 Å². The Hall–Kier alpha value is -3.34. The normalized spacial score (nSPS) is 18.8. The lowest BCUT2D eigenvalue weighted by Crippen LogP contribution is -2.31. The average molecular weight is 474 g/mol. The SMILES string of the molecule is O=C1CCN(Cc2ccc(C(F)(F)F)cc2)CCCC(c2nc(-c3cnccn3)no2)CCN1. The van der Waals surface area contributed by atoms with Crippen molar-refractivity contribution in [3.63, 3.8) is 0 Å². The van der Waals surface area contributed by atoms with Crippen LogP contribution in [0.3, 0.4) is 0 Å². The fourth-order valence-electron chi connectivity index (χ4n) is 3.93. The predicted octanol–water partition coefficient (Wildman–Crippen LogP) is 3.82. The smallest absolute Gasteiger partial charge is 0.356 e. The van der Waals surface area contributed by atoms with Crippen molar-refractivity contribution in [2.75, 3.05) is 19.6 Å². The third-order valence-corrected chi connectivity index (χ3v) is 5.77. The van der Waals surface area contributed by atoms with Gasteiger partial charge in [-0.2, -0.15) is 18.2 Å². The van der Waals surface area contributed by atoms with Crippen LogP contribution >= 0.6 is 0 Å². The first-order valence-corrected chi connectivity index (χ1v) is 11.1. The first-order valence-electron chi connectivity index (χ1n) is 11.1. The van der Waals surface area contributed by atoms with Gasteiger partial charge in [-0.1, -0.05) is 17.3 Å². The van der Waals surface area contributed by atoms with Gasteiger partial charge in [-0.05, 0) is 43.5 Å². The zero-order valence-electron chi connectivity index (χ0n) is 18.5. The van der Waals surface area contributed by atoms with Crippen molar-refractivity contribution in [2.24, 2.45) is 0 Å². The van der Waals surface area contributed by atoms with Crippen molar-refractivity contribution >= 4 is 5.91 Å². The molecule has 3 aromatic rings. The Balaban J connectivity index is 1.42. The Bertz CT molecular complexity index is 1070. The Kier molecular flexibility index (Phi) is 7.51. The molecule has 1 saturated heterocycles. The number of halogens is 3. The molecule has 0 bridgehead atoms. The topological polar surface area (TPSA) is 97.0 Å². The fourth-order valence-corrected chi connectivity index (χ4v) is 3.93. The molecular weight excluding hydrogens is 449 g/mol. The molecule has 4 rings (SSSR count). The highest BCUT2D eigenvalue weighted by atomic mass is 19.4. The van der Waals surface area contributed by atoms with Gasteiger partial charge in [0.1, 0.15) is 5.69 Å². The quantitative estimate of drug-likeness (QED) is 0.614. The summed E-state index contributed by atoms with van der Waals surface area (Å²) in [6.07, 6.45) is 2.88. The van der Waals surface area contributed by atoms with Gasteiger partial charge in [-0.25, -0.2) is 4.98 Å². The molecule has 11 heteroatoms. The minimum absolute atomic E-state index is 0.0377. The summed E-state index contributed by atoms with van der Waals surface area (Å²) in [6, 6.07) is 5.16. The van der Waals surface area contributed by atoms with Crippen LogP contribution in [0.15, 0.2) is 47.4 Å². The summed E-state index contributed by atoms with van der Waals surface area (Å²) >= 11 is 0. The number of benzene rings is 1. The Morgan fingerprint density at radius 1 is 1.12 bits per heavy atom. The van der Waals surface area contributed by atoms with E-state index in [4.69, 9.17) is 4.52 Å². The molecule has 1 atom stereocenters. The van der Waals surface area contributed by atoms with Crippen LogP contribution in [-0.2, 0) is 17.5 Å². The van der Waals surface area contributed by atoms with Gasteiger partial charge in [-0.15, -0.1) is 0 Å². The number of hydrogen-bond donors (Lipinski definition) is 1. The first-order chi connectivity index (χ1) is 16.4. The molecule has 1 fully saturated rings. The van der Waals surface area contributed by atoms with Crippen LogP contribution in [0.1, 0.15) is 48.6 Å². The van der Waals surface area contributed by atoms with Crippen molar-refractivity contribution in [3.8, 4) is 11.5 Å². The van der Waals surface area contributed by atoms with Crippen LogP contribution in [0.2, 0.25) is 0 Å². The van der Waals surface area contributed by atoms with E-state index in [1.807, 2.05) is 0 Å². The van der Waals surface area contributed by atoms with Crippen LogP contribution in [0.4, 0.5) is 13.2 Å². The number of rotatable bonds is 4. The average Bonchev–Trinajstić information content (AvgIpc) is 3.30. The Morgan fingerprint density at radius 2 is 1.94 bits per heavy atom. The minimum atomic E-state index is -4.36. The fraction of sp³-hybridized carbons (Fsp3) is 0.435. The largest absolute Gasteiger partial charge is 0.416 e. The molecule has 0 spiro atoms. The first kappa shape index (κ1) is 23.8. The number of carbonyl (C=O) groups is 1. The summed E-state index contributed by atoms with van der Waals surface area (Å²) < 4.78 is 44.0. The molecular formula is C23H25F3N6O2. The Labute approximate surface area is 194 Å².